The first kappa shape index (κ1) is 14.8. The van der Waals surface area contributed by atoms with Crippen LogP contribution in [-0.4, -0.2) is 25.2 Å². The second-order valence-electron chi connectivity index (χ2n) is 4.47. The summed E-state index contributed by atoms with van der Waals surface area (Å²) >= 11 is -1.98. The van der Waals surface area contributed by atoms with Crippen LogP contribution in [0.25, 0.3) is 0 Å². The van der Waals surface area contributed by atoms with Crippen molar-refractivity contribution < 1.29 is 5.48 Å². The average Bonchev–Trinajstić information content (AvgIpc) is 2.51. The van der Waals surface area contributed by atoms with E-state index >= 15 is 0 Å². The summed E-state index contributed by atoms with van der Waals surface area (Å²) in [7, 11) is 0. The van der Waals surface area contributed by atoms with Crippen LogP contribution in [0.4, 0.5) is 0 Å². The van der Waals surface area contributed by atoms with Gasteiger partial charge in [-0.25, -0.2) is 0 Å². The van der Waals surface area contributed by atoms with Crippen LogP contribution in [-0.2, 0) is 0 Å². The van der Waals surface area contributed by atoms with Crippen LogP contribution in [0.15, 0.2) is 91.0 Å². The molecule has 3 rings (SSSR count). The van der Waals surface area contributed by atoms with Gasteiger partial charge in [0.2, 0.25) is 0 Å². The van der Waals surface area contributed by atoms with Crippen molar-refractivity contribution in [2.75, 3.05) is 0 Å². The summed E-state index contributed by atoms with van der Waals surface area (Å²) in [6, 6.07) is 32.9. The number of rotatable bonds is 3. The van der Waals surface area contributed by atoms with Crippen molar-refractivity contribution in [3.05, 3.63) is 91.0 Å². The predicted molar refractivity (Wildman–Crippen MR) is 85.9 cm³/mol. The van der Waals surface area contributed by atoms with E-state index < -0.39 is 19.8 Å². The Bertz CT molecular complexity index is 529. The van der Waals surface area contributed by atoms with E-state index in [1.54, 1.807) is 0 Å². The van der Waals surface area contributed by atoms with Gasteiger partial charge in [-0.2, -0.15) is 0 Å². The molecule has 1 radical (unpaired) electrons. The Morgan fingerprint density at radius 2 is 0.650 bits per heavy atom. The summed E-state index contributed by atoms with van der Waals surface area (Å²) < 4.78 is 4.59. The van der Waals surface area contributed by atoms with Gasteiger partial charge in [-0.1, -0.05) is 0 Å². The van der Waals surface area contributed by atoms with E-state index in [1.807, 2.05) is 0 Å². The fourth-order valence-corrected chi connectivity index (χ4v) is 9.67. The van der Waals surface area contributed by atoms with E-state index in [0.29, 0.717) is 0 Å². The maximum atomic E-state index is 2.29. The molecule has 0 aromatic heterocycles. The number of hydrogen-bond acceptors (Lipinski definition) is 1. The summed E-state index contributed by atoms with van der Waals surface area (Å²) in [4.78, 5) is 0. The van der Waals surface area contributed by atoms with E-state index in [0.717, 1.165) is 0 Å². The molecule has 0 aliphatic rings. The summed E-state index contributed by atoms with van der Waals surface area (Å²) in [5.41, 5.74) is 0. The Labute approximate surface area is 127 Å². The Hall–Kier alpha value is -1.58. The average molecular weight is 367 g/mol. The van der Waals surface area contributed by atoms with Crippen LogP contribution in [0.3, 0.4) is 0 Å². The van der Waals surface area contributed by atoms with E-state index in [-0.39, 0.29) is 5.48 Å². The van der Waals surface area contributed by atoms with Crippen molar-refractivity contribution in [1.82, 2.24) is 0 Å². The summed E-state index contributed by atoms with van der Waals surface area (Å²) in [6.45, 7) is 0. The van der Waals surface area contributed by atoms with Gasteiger partial charge in [-0.15, -0.1) is 0 Å². The standard InChI is InChI=1S/3C6H5.H2O.Sn/c3*1-2-4-6-5-3-1;;/h3*1-5H;1H2;/p-1. The third-order valence-corrected chi connectivity index (χ3v) is 11.0. The SMILES string of the molecule is [OH-].c1cc[c]([Sn]([c]2ccccc2)[c]2ccccc2)cc1. The van der Waals surface area contributed by atoms with Crippen molar-refractivity contribution in [3.63, 3.8) is 0 Å². The van der Waals surface area contributed by atoms with Gasteiger partial charge in [0.05, 0.1) is 0 Å². The molecule has 1 nitrogen and oxygen atoms in total. The Balaban J connectivity index is 0.00000147. The Morgan fingerprint density at radius 3 is 0.900 bits per heavy atom. The van der Waals surface area contributed by atoms with E-state index in [4.69, 9.17) is 0 Å². The molecule has 0 fully saturated rings. The van der Waals surface area contributed by atoms with Gasteiger partial charge in [-0.05, 0) is 0 Å². The molecule has 0 saturated carbocycles. The first-order valence-electron chi connectivity index (χ1n) is 6.48. The molecule has 1 N–H and O–H groups in total. The van der Waals surface area contributed by atoms with E-state index in [1.165, 1.54) is 10.7 Å². The number of benzene rings is 3. The zero-order chi connectivity index (χ0) is 12.9. The van der Waals surface area contributed by atoms with E-state index in [2.05, 4.69) is 91.0 Å². The van der Waals surface area contributed by atoms with Gasteiger partial charge in [0.1, 0.15) is 0 Å². The van der Waals surface area contributed by atoms with Gasteiger partial charge < -0.3 is 5.48 Å². The van der Waals surface area contributed by atoms with Crippen LogP contribution in [0, 0.1) is 0 Å². The minimum atomic E-state index is -1.98. The molecule has 99 valence electrons. The van der Waals surface area contributed by atoms with Crippen LogP contribution >= 0.6 is 0 Å². The van der Waals surface area contributed by atoms with Crippen LogP contribution in [0.5, 0.6) is 0 Å². The molecule has 0 saturated heterocycles. The van der Waals surface area contributed by atoms with Crippen molar-refractivity contribution in [2.45, 2.75) is 0 Å². The molecule has 3 aromatic carbocycles. The molecule has 0 unspecified atom stereocenters. The topological polar surface area (TPSA) is 30.0 Å². The second-order valence-corrected chi connectivity index (χ2v) is 11.6. The van der Waals surface area contributed by atoms with Crippen molar-refractivity contribution >= 4 is 30.5 Å². The summed E-state index contributed by atoms with van der Waals surface area (Å²) in [5, 5.41) is 0. The van der Waals surface area contributed by atoms with Gasteiger partial charge in [-0.3, -0.25) is 0 Å². The zero-order valence-corrected chi connectivity index (χ0v) is 14.0. The van der Waals surface area contributed by atoms with Crippen LogP contribution in [0.2, 0.25) is 0 Å². The van der Waals surface area contributed by atoms with Crippen LogP contribution < -0.4 is 10.7 Å². The van der Waals surface area contributed by atoms with Gasteiger partial charge >= 0.3 is 121 Å². The number of hydrogen-bond donors (Lipinski definition) is 0. The molecule has 0 spiro atoms. The molecule has 0 bridgehead atoms. The summed E-state index contributed by atoms with van der Waals surface area (Å²) in [6.07, 6.45) is 0. The minimum absolute atomic E-state index is 0. The molecule has 20 heavy (non-hydrogen) atoms. The monoisotopic (exact) mass is 368 g/mol. The normalized spacial score (nSPS) is 10.1. The molecule has 0 aliphatic heterocycles. The maximum absolute atomic E-state index is 2.29. The molecule has 0 aliphatic carbocycles. The fourth-order valence-electron chi connectivity index (χ4n) is 2.31. The Kier molecular flexibility index (Phi) is 5.39. The third-order valence-electron chi connectivity index (χ3n) is 3.19. The molecular weight excluding hydrogens is 351 g/mol. The second kappa shape index (κ2) is 7.27. The third kappa shape index (κ3) is 3.29. The fraction of sp³-hybridized carbons (Fsp3) is 0. The van der Waals surface area contributed by atoms with Gasteiger partial charge in [0.15, 0.2) is 0 Å². The molecule has 0 atom stereocenters. The quantitative estimate of drug-likeness (QED) is 0.652. The van der Waals surface area contributed by atoms with E-state index in [9.17, 15) is 0 Å². The first-order chi connectivity index (χ1) is 9.45. The molecule has 3 aromatic rings. The van der Waals surface area contributed by atoms with Gasteiger partial charge in [0.25, 0.3) is 0 Å². The molecular formula is C18H16OSn-. The first-order valence-corrected chi connectivity index (χ1v) is 10.8. The molecule has 0 amide bonds. The molecule has 0 heterocycles. The van der Waals surface area contributed by atoms with Gasteiger partial charge in [0, 0.05) is 0 Å². The predicted octanol–water partition coefficient (Wildman–Crippen LogP) is 2.03. The van der Waals surface area contributed by atoms with Crippen molar-refractivity contribution in [1.29, 1.82) is 0 Å². The summed E-state index contributed by atoms with van der Waals surface area (Å²) in [5.74, 6) is 0. The Morgan fingerprint density at radius 1 is 0.400 bits per heavy atom. The molecule has 2 heteroatoms. The van der Waals surface area contributed by atoms with Crippen molar-refractivity contribution in [2.24, 2.45) is 0 Å². The van der Waals surface area contributed by atoms with Crippen molar-refractivity contribution in [3.8, 4) is 0 Å². The zero-order valence-electron chi connectivity index (χ0n) is 11.1. The van der Waals surface area contributed by atoms with Crippen LogP contribution in [0.1, 0.15) is 0 Å².